The summed E-state index contributed by atoms with van der Waals surface area (Å²) in [6.07, 6.45) is 2.35. The van der Waals surface area contributed by atoms with Crippen LogP contribution in [0, 0.1) is 18.8 Å². The highest BCUT2D eigenvalue weighted by molar-refractivity contribution is 6.32. The Morgan fingerprint density at radius 2 is 2.19 bits per heavy atom. The smallest absolute Gasteiger partial charge is 0.255 e. The highest BCUT2D eigenvalue weighted by Gasteiger charge is 2.27. The molecule has 0 aliphatic heterocycles. The number of benzene rings is 1. The molecular formula is C18H17ClN6O. The van der Waals surface area contributed by atoms with Crippen molar-refractivity contribution < 1.29 is 4.79 Å². The summed E-state index contributed by atoms with van der Waals surface area (Å²) in [5, 5.41) is 10.1. The molecule has 0 bridgehead atoms. The van der Waals surface area contributed by atoms with E-state index in [4.69, 9.17) is 17.3 Å². The molecule has 132 valence electrons. The number of hydrogen-bond acceptors (Lipinski definition) is 4. The number of primary amides is 1. The van der Waals surface area contributed by atoms with Gasteiger partial charge in [-0.05, 0) is 37.8 Å². The average molecular weight is 369 g/mol. The predicted molar refractivity (Wildman–Crippen MR) is 100 cm³/mol. The molecule has 3 aromatic rings. The quantitative estimate of drug-likeness (QED) is 0.618. The molecule has 0 radical (unpaired) electrons. The maximum absolute atomic E-state index is 11.6. The molecule has 4 rings (SSSR count). The molecule has 1 amide bonds. The van der Waals surface area contributed by atoms with Crippen LogP contribution >= 0.6 is 11.6 Å². The van der Waals surface area contributed by atoms with E-state index < -0.39 is 5.91 Å². The third kappa shape index (κ3) is 2.68. The summed E-state index contributed by atoms with van der Waals surface area (Å²) in [6, 6.07) is 4.30. The van der Waals surface area contributed by atoms with Crippen molar-refractivity contribution in [1.29, 1.82) is 0 Å². The highest BCUT2D eigenvalue weighted by Crippen LogP contribution is 2.39. The van der Waals surface area contributed by atoms with Gasteiger partial charge in [0, 0.05) is 18.7 Å². The number of nitrogens with zero attached hydrogens (tertiary/aromatic N) is 3. The zero-order valence-corrected chi connectivity index (χ0v) is 15.1. The number of carbonyl (C=O) groups excluding carboxylic acids is 1. The summed E-state index contributed by atoms with van der Waals surface area (Å²) in [5.41, 5.74) is 8.51. The van der Waals surface area contributed by atoms with Crippen molar-refractivity contribution in [3.63, 3.8) is 0 Å². The van der Waals surface area contributed by atoms with E-state index in [1.54, 1.807) is 7.05 Å². The Labute approximate surface area is 154 Å². The Morgan fingerprint density at radius 3 is 2.85 bits per heavy atom. The minimum atomic E-state index is -0.604. The van der Waals surface area contributed by atoms with Crippen molar-refractivity contribution in [1.82, 2.24) is 19.7 Å². The fraction of sp³-hybridized carbons (Fsp3) is 0.278. The van der Waals surface area contributed by atoms with E-state index >= 15 is 0 Å². The molecule has 1 aliphatic rings. The molecule has 0 atom stereocenters. The molecule has 2 aromatic heterocycles. The van der Waals surface area contributed by atoms with Crippen LogP contribution in [0.4, 0.5) is 5.82 Å². The first kappa shape index (κ1) is 16.5. The summed E-state index contributed by atoms with van der Waals surface area (Å²) in [4.78, 5) is 16.3. The van der Waals surface area contributed by atoms with Crippen molar-refractivity contribution in [2.24, 2.45) is 5.73 Å². The van der Waals surface area contributed by atoms with Gasteiger partial charge in [0.1, 0.15) is 17.1 Å². The fourth-order valence-corrected chi connectivity index (χ4v) is 3.31. The first-order valence-corrected chi connectivity index (χ1v) is 8.63. The Kier molecular flexibility index (Phi) is 3.85. The van der Waals surface area contributed by atoms with Gasteiger partial charge in [-0.25, -0.2) is 4.98 Å². The van der Waals surface area contributed by atoms with Crippen LogP contribution in [-0.2, 0) is 0 Å². The normalized spacial score (nSPS) is 13.5. The van der Waals surface area contributed by atoms with Crippen molar-refractivity contribution >= 4 is 34.4 Å². The molecule has 4 N–H and O–H groups in total. The summed E-state index contributed by atoms with van der Waals surface area (Å²) in [6.45, 7) is 2.00. The van der Waals surface area contributed by atoms with Gasteiger partial charge in [0.25, 0.3) is 5.91 Å². The second-order valence-electron chi connectivity index (χ2n) is 6.27. The van der Waals surface area contributed by atoms with Crippen LogP contribution in [-0.4, -0.2) is 32.7 Å². The third-order valence-electron chi connectivity index (χ3n) is 4.44. The minimum Gasteiger partial charge on any atom is -0.371 e. The number of nitrogens with one attached hydrogen (secondary N) is 2. The van der Waals surface area contributed by atoms with Crippen LogP contribution in [0.3, 0.4) is 0 Å². The van der Waals surface area contributed by atoms with E-state index in [9.17, 15) is 4.79 Å². The summed E-state index contributed by atoms with van der Waals surface area (Å²) in [7, 11) is 1.66. The predicted octanol–water partition coefficient (Wildman–Crippen LogP) is 2.60. The Bertz CT molecular complexity index is 1100. The zero-order valence-electron chi connectivity index (χ0n) is 14.4. The van der Waals surface area contributed by atoms with Gasteiger partial charge < -0.3 is 15.6 Å². The summed E-state index contributed by atoms with van der Waals surface area (Å²) in [5.74, 6) is 6.63. The second-order valence-corrected chi connectivity index (χ2v) is 6.67. The maximum Gasteiger partial charge on any atom is 0.255 e. The van der Waals surface area contributed by atoms with E-state index in [0.717, 1.165) is 16.9 Å². The van der Waals surface area contributed by atoms with E-state index in [1.807, 2.05) is 19.1 Å². The fourth-order valence-electron chi connectivity index (χ4n) is 3.11. The number of carbonyl (C=O) groups is 1. The van der Waals surface area contributed by atoms with Crippen LogP contribution in [0.25, 0.3) is 11.0 Å². The molecule has 8 heteroatoms. The van der Waals surface area contributed by atoms with Gasteiger partial charge >= 0.3 is 0 Å². The zero-order chi connectivity index (χ0) is 18.4. The number of aromatic amines is 1. The van der Waals surface area contributed by atoms with Crippen molar-refractivity contribution in [3.8, 4) is 11.8 Å². The molecule has 0 saturated heterocycles. The lowest BCUT2D eigenvalue weighted by molar-refractivity contribution is 0.100. The van der Waals surface area contributed by atoms with Gasteiger partial charge in [0.2, 0.25) is 0 Å². The van der Waals surface area contributed by atoms with Gasteiger partial charge in [-0.3, -0.25) is 9.89 Å². The second kappa shape index (κ2) is 6.07. The van der Waals surface area contributed by atoms with E-state index in [0.29, 0.717) is 28.1 Å². The van der Waals surface area contributed by atoms with E-state index in [2.05, 4.69) is 36.9 Å². The molecule has 1 aliphatic carbocycles. The number of aromatic nitrogens is 4. The van der Waals surface area contributed by atoms with Crippen molar-refractivity contribution in [2.45, 2.75) is 25.8 Å². The first-order valence-electron chi connectivity index (χ1n) is 8.25. The van der Waals surface area contributed by atoms with Gasteiger partial charge in [-0.2, -0.15) is 5.10 Å². The number of nitrogens with two attached hydrogens (primary N) is 1. The van der Waals surface area contributed by atoms with Crippen LogP contribution in [0.1, 0.15) is 46.3 Å². The molecule has 1 saturated carbocycles. The average Bonchev–Trinajstić information content (AvgIpc) is 3.25. The van der Waals surface area contributed by atoms with E-state index in [-0.39, 0.29) is 5.56 Å². The largest absolute Gasteiger partial charge is 0.371 e. The van der Waals surface area contributed by atoms with Gasteiger partial charge in [-0.15, -0.1) is 0 Å². The van der Waals surface area contributed by atoms with E-state index in [1.165, 1.54) is 12.8 Å². The van der Waals surface area contributed by atoms with Crippen LogP contribution in [0.5, 0.6) is 0 Å². The number of aryl methyl sites for hydroxylation is 1. The van der Waals surface area contributed by atoms with Crippen molar-refractivity contribution in [3.05, 3.63) is 39.8 Å². The van der Waals surface area contributed by atoms with Gasteiger partial charge in [0.05, 0.1) is 16.1 Å². The first-order chi connectivity index (χ1) is 12.5. The number of halogens is 1. The molecule has 7 nitrogen and oxygen atoms in total. The minimum absolute atomic E-state index is 0.228. The number of H-pyrrole nitrogens is 1. The molecular weight excluding hydrogens is 352 g/mol. The van der Waals surface area contributed by atoms with Crippen LogP contribution in [0.2, 0.25) is 5.02 Å². The lowest BCUT2D eigenvalue weighted by atomic mass is 10.1. The maximum atomic E-state index is 11.6. The Hall–Kier alpha value is -2.98. The van der Waals surface area contributed by atoms with Crippen molar-refractivity contribution in [2.75, 3.05) is 12.4 Å². The summed E-state index contributed by atoms with van der Waals surface area (Å²) < 4.78 is 2.23. The summed E-state index contributed by atoms with van der Waals surface area (Å²) >= 11 is 6.44. The topological polar surface area (TPSA) is 102 Å². The van der Waals surface area contributed by atoms with Gasteiger partial charge in [0.15, 0.2) is 5.82 Å². The Morgan fingerprint density at radius 1 is 1.42 bits per heavy atom. The standard InChI is InChI=1S/C18H17ClN6O/c1-9-22-14-7-10(12(19)8-15(14)25(9)11-4-5-11)3-6-13-16(17(20)26)18(21-2)24-23-13/h7-8,11H,4-5H2,1-2H3,(H2,20,26)(H2,21,23,24). The Balaban J connectivity index is 1.78. The highest BCUT2D eigenvalue weighted by atomic mass is 35.5. The molecule has 26 heavy (non-hydrogen) atoms. The number of amides is 1. The SMILES string of the molecule is CNc1n[nH]c(C#Cc2cc3nc(C)n(C4CC4)c3cc2Cl)c1C(N)=O. The molecule has 0 spiro atoms. The lowest BCUT2D eigenvalue weighted by Crippen LogP contribution is -2.13. The number of rotatable bonds is 3. The van der Waals surface area contributed by atoms with Crippen LogP contribution in [0.15, 0.2) is 12.1 Å². The molecule has 1 fully saturated rings. The monoisotopic (exact) mass is 368 g/mol. The number of imidazole rings is 1. The number of hydrogen-bond donors (Lipinski definition) is 3. The third-order valence-corrected chi connectivity index (χ3v) is 4.75. The number of fused-ring (bicyclic) bond motifs is 1. The lowest BCUT2D eigenvalue weighted by Gasteiger charge is -2.04. The number of anilines is 1. The van der Waals surface area contributed by atoms with Crippen LogP contribution < -0.4 is 11.1 Å². The molecule has 1 aromatic carbocycles. The molecule has 0 unspecified atom stereocenters. The van der Waals surface area contributed by atoms with Gasteiger partial charge in [-0.1, -0.05) is 17.5 Å². The molecule has 2 heterocycles.